The molecule has 0 atom stereocenters. The fraction of sp³-hybridized carbons (Fsp3) is 0.611. The van der Waals surface area contributed by atoms with Gasteiger partial charge < -0.3 is 19.7 Å². The number of nitrogens with zero attached hydrogens (tertiary/aromatic N) is 1. The predicted octanol–water partition coefficient (Wildman–Crippen LogP) is 0.728. The lowest BCUT2D eigenvalue weighted by molar-refractivity contribution is -0.131. The summed E-state index contributed by atoms with van der Waals surface area (Å²) in [5, 5.41) is 3.22. The molecule has 0 aliphatic carbocycles. The van der Waals surface area contributed by atoms with Crippen LogP contribution in [-0.2, 0) is 14.8 Å². The summed E-state index contributed by atoms with van der Waals surface area (Å²) in [5.41, 5.74) is 0. The highest BCUT2D eigenvalue weighted by Gasteiger charge is 2.19. The minimum absolute atomic E-state index is 0.167. The largest absolute Gasteiger partial charge is 0.486 e. The van der Waals surface area contributed by atoms with Gasteiger partial charge in [-0.25, -0.2) is 13.1 Å². The third kappa shape index (κ3) is 5.57. The van der Waals surface area contributed by atoms with Crippen molar-refractivity contribution in [2.24, 2.45) is 0 Å². The van der Waals surface area contributed by atoms with Gasteiger partial charge in [0.25, 0.3) is 0 Å². The number of nitrogens with one attached hydrogen (secondary N) is 2. The average molecular weight is 397 g/mol. The van der Waals surface area contributed by atoms with Crippen LogP contribution in [0.5, 0.6) is 11.5 Å². The van der Waals surface area contributed by atoms with Crippen molar-refractivity contribution in [1.82, 2.24) is 14.9 Å². The lowest BCUT2D eigenvalue weighted by Gasteiger charge is -2.27. The summed E-state index contributed by atoms with van der Waals surface area (Å²) < 4.78 is 38.2. The van der Waals surface area contributed by atoms with E-state index in [2.05, 4.69) is 10.0 Å². The van der Waals surface area contributed by atoms with Gasteiger partial charge in [0, 0.05) is 45.2 Å². The van der Waals surface area contributed by atoms with Crippen molar-refractivity contribution in [3.05, 3.63) is 18.2 Å². The van der Waals surface area contributed by atoms with Crippen LogP contribution < -0.4 is 19.5 Å². The lowest BCUT2D eigenvalue weighted by Crippen LogP contribution is -2.46. The van der Waals surface area contributed by atoms with Crippen molar-refractivity contribution in [2.45, 2.75) is 30.6 Å². The Hall–Kier alpha value is -1.84. The molecular formula is C18H27N3O5S. The van der Waals surface area contributed by atoms with Gasteiger partial charge in [0.1, 0.15) is 13.2 Å². The molecule has 0 radical (unpaired) electrons. The molecule has 0 saturated carbocycles. The van der Waals surface area contributed by atoms with E-state index in [0.717, 1.165) is 39.0 Å². The van der Waals surface area contributed by atoms with E-state index < -0.39 is 10.0 Å². The molecule has 1 amide bonds. The molecule has 9 heteroatoms. The van der Waals surface area contributed by atoms with Crippen molar-refractivity contribution < 1.29 is 22.7 Å². The van der Waals surface area contributed by atoms with Crippen LogP contribution in [0.4, 0.5) is 0 Å². The molecule has 1 aromatic carbocycles. The number of carbonyl (C=O) groups excluding carboxylic acids is 1. The van der Waals surface area contributed by atoms with Gasteiger partial charge in [-0.15, -0.1) is 0 Å². The molecule has 1 aromatic rings. The molecule has 0 bridgehead atoms. The second-order valence-electron chi connectivity index (χ2n) is 6.64. The summed E-state index contributed by atoms with van der Waals surface area (Å²) in [6.07, 6.45) is 2.80. The molecule has 0 unspecified atom stereocenters. The van der Waals surface area contributed by atoms with Gasteiger partial charge in [0.2, 0.25) is 15.9 Å². The van der Waals surface area contributed by atoms with E-state index in [4.69, 9.17) is 9.47 Å². The third-order valence-electron chi connectivity index (χ3n) is 4.65. The quantitative estimate of drug-likeness (QED) is 0.628. The van der Waals surface area contributed by atoms with Crippen LogP contribution in [0.15, 0.2) is 23.1 Å². The number of piperazine rings is 1. The number of unbranched alkanes of at least 4 members (excludes halogenated alkanes) is 2. The van der Waals surface area contributed by atoms with Crippen LogP contribution in [0.1, 0.15) is 25.7 Å². The predicted molar refractivity (Wildman–Crippen MR) is 101 cm³/mol. The second kappa shape index (κ2) is 9.38. The van der Waals surface area contributed by atoms with Crippen LogP contribution in [-0.4, -0.2) is 65.2 Å². The van der Waals surface area contributed by atoms with E-state index >= 15 is 0 Å². The molecule has 0 spiro atoms. The Morgan fingerprint density at radius 2 is 1.81 bits per heavy atom. The smallest absolute Gasteiger partial charge is 0.240 e. The molecule has 8 nitrogen and oxygen atoms in total. The van der Waals surface area contributed by atoms with Gasteiger partial charge in [-0.2, -0.15) is 0 Å². The lowest BCUT2D eigenvalue weighted by atomic mass is 10.1. The van der Waals surface area contributed by atoms with Crippen LogP contribution in [0.2, 0.25) is 0 Å². The number of benzene rings is 1. The molecule has 27 heavy (non-hydrogen) atoms. The van der Waals surface area contributed by atoms with Crippen LogP contribution in [0.25, 0.3) is 0 Å². The van der Waals surface area contributed by atoms with E-state index in [0.29, 0.717) is 44.1 Å². The van der Waals surface area contributed by atoms with Crippen LogP contribution in [0.3, 0.4) is 0 Å². The van der Waals surface area contributed by atoms with Crippen molar-refractivity contribution >= 4 is 15.9 Å². The zero-order chi connectivity index (χ0) is 19.1. The van der Waals surface area contributed by atoms with Gasteiger partial charge >= 0.3 is 0 Å². The molecule has 3 rings (SSSR count). The normalized spacial score (nSPS) is 17.0. The summed E-state index contributed by atoms with van der Waals surface area (Å²) in [5.74, 6) is 1.21. The first-order chi connectivity index (χ1) is 13.1. The van der Waals surface area contributed by atoms with Gasteiger partial charge in [0.05, 0.1) is 4.90 Å². The number of hydrogen-bond donors (Lipinski definition) is 2. The highest BCUT2D eigenvalue weighted by molar-refractivity contribution is 7.89. The summed E-state index contributed by atoms with van der Waals surface area (Å²) in [6.45, 7) is 4.48. The average Bonchev–Trinajstić information content (AvgIpc) is 2.70. The molecule has 150 valence electrons. The Morgan fingerprint density at radius 1 is 1.07 bits per heavy atom. The first kappa shape index (κ1) is 19.9. The fourth-order valence-corrected chi connectivity index (χ4v) is 4.22. The maximum atomic E-state index is 12.4. The van der Waals surface area contributed by atoms with E-state index in [1.165, 1.54) is 12.1 Å². The topological polar surface area (TPSA) is 97.0 Å². The maximum Gasteiger partial charge on any atom is 0.240 e. The molecule has 1 saturated heterocycles. The van der Waals surface area contributed by atoms with E-state index in [9.17, 15) is 13.2 Å². The second-order valence-corrected chi connectivity index (χ2v) is 8.41. The van der Waals surface area contributed by atoms with Crippen LogP contribution in [0, 0.1) is 0 Å². The number of ether oxygens (including phenoxy) is 2. The number of sulfonamides is 1. The fourth-order valence-electron chi connectivity index (χ4n) is 3.13. The van der Waals surface area contributed by atoms with Gasteiger partial charge in [-0.1, -0.05) is 6.42 Å². The first-order valence-corrected chi connectivity index (χ1v) is 10.9. The Kier molecular flexibility index (Phi) is 6.92. The summed E-state index contributed by atoms with van der Waals surface area (Å²) in [6, 6.07) is 4.62. The van der Waals surface area contributed by atoms with Crippen molar-refractivity contribution in [3.63, 3.8) is 0 Å². The van der Waals surface area contributed by atoms with E-state index in [-0.39, 0.29) is 10.8 Å². The number of hydrogen-bond acceptors (Lipinski definition) is 6. The maximum absolute atomic E-state index is 12.4. The third-order valence-corrected chi connectivity index (χ3v) is 6.11. The number of rotatable bonds is 8. The van der Waals surface area contributed by atoms with Crippen molar-refractivity contribution in [3.8, 4) is 11.5 Å². The molecule has 1 fully saturated rings. The Balaban J connectivity index is 1.37. The zero-order valence-electron chi connectivity index (χ0n) is 15.4. The Bertz CT molecular complexity index is 747. The number of amides is 1. The molecule has 0 aromatic heterocycles. The zero-order valence-corrected chi connectivity index (χ0v) is 16.2. The van der Waals surface area contributed by atoms with Gasteiger partial charge in [0.15, 0.2) is 11.5 Å². The molecule has 2 N–H and O–H groups in total. The van der Waals surface area contributed by atoms with Gasteiger partial charge in [-0.3, -0.25) is 4.79 Å². The highest BCUT2D eigenvalue weighted by Crippen LogP contribution is 2.32. The highest BCUT2D eigenvalue weighted by atomic mass is 32.2. The minimum atomic E-state index is -3.58. The summed E-state index contributed by atoms with van der Waals surface area (Å²) in [4.78, 5) is 14.1. The molecule has 2 aliphatic heterocycles. The Labute approximate surface area is 160 Å². The number of carbonyl (C=O) groups is 1. The standard InChI is InChI=1S/C18H27N3O5S/c22-18(21-10-8-19-9-11-21)4-2-1-3-7-20-27(23,24)15-5-6-16-17(14-15)26-13-12-25-16/h5-6,14,19-20H,1-4,7-13H2. The van der Waals surface area contributed by atoms with Crippen molar-refractivity contribution in [1.29, 1.82) is 0 Å². The SMILES string of the molecule is O=C(CCCCCNS(=O)(=O)c1ccc2c(c1)OCCO2)N1CCNCC1. The van der Waals surface area contributed by atoms with Gasteiger partial charge in [-0.05, 0) is 25.0 Å². The summed E-state index contributed by atoms with van der Waals surface area (Å²) in [7, 11) is -3.58. The first-order valence-electron chi connectivity index (χ1n) is 9.44. The van der Waals surface area contributed by atoms with Crippen LogP contribution >= 0.6 is 0 Å². The number of fused-ring (bicyclic) bond motifs is 1. The van der Waals surface area contributed by atoms with E-state index in [1.807, 2.05) is 4.90 Å². The van der Waals surface area contributed by atoms with E-state index in [1.54, 1.807) is 6.07 Å². The molecule has 2 aliphatic rings. The molecule has 2 heterocycles. The molecular weight excluding hydrogens is 370 g/mol. The van der Waals surface area contributed by atoms with Crippen molar-refractivity contribution in [2.75, 3.05) is 45.9 Å². The Morgan fingerprint density at radius 3 is 2.59 bits per heavy atom. The monoisotopic (exact) mass is 397 g/mol. The minimum Gasteiger partial charge on any atom is -0.486 e. The summed E-state index contributed by atoms with van der Waals surface area (Å²) >= 11 is 0.